The van der Waals surface area contributed by atoms with E-state index in [1.54, 1.807) is 48.5 Å². The molecule has 3 aromatic carbocycles. The Kier molecular flexibility index (Phi) is 6.37. The Morgan fingerprint density at radius 3 is 2.00 bits per heavy atom. The summed E-state index contributed by atoms with van der Waals surface area (Å²) in [5.74, 6) is -0.790. The highest BCUT2D eigenvalue weighted by molar-refractivity contribution is 6.06. The van der Waals surface area contributed by atoms with Gasteiger partial charge in [-0.3, -0.25) is 14.4 Å². The van der Waals surface area contributed by atoms with Gasteiger partial charge >= 0.3 is 0 Å². The van der Waals surface area contributed by atoms with E-state index >= 15 is 0 Å². The van der Waals surface area contributed by atoms with Crippen molar-refractivity contribution < 1.29 is 14.4 Å². The van der Waals surface area contributed by atoms with Gasteiger partial charge in [0.1, 0.15) is 0 Å². The number of hydrogen-bond acceptors (Lipinski definition) is 3. The molecule has 0 unspecified atom stereocenters. The topological polar surface area (TPSA) is 87.3 Å². The van der Waals surface area contributed by atoms with Crippen LogP contribution in [0.4, 0.5) is 11.4 Å². The summed E-state index contributed by atoms with van der Waals surface area (Å²) in [7, 11) is 0. The minimum absolute atomic E-state index is 0.192. The number of carbonyl (C=O) groups excluding carboxylic acids is 3. The maximum atomic E-state index is 12.6. The Balaban J connectivity index is 1.66. The molecule has 6 heteroatoms. The van der Waals surface area contributed by atoms with Crippen molar-refractivity contribution in [2.24, 2.45) is 0 Å². The molecule has 0 spiro atoms. The first kappa shape index (κ1) is 19.8. The van der Waals surface area contributed by atoms with E-state index < -0.39 is 0 Å². The summed E-state index contributed by atoms with van der Waals surface area (Å²) in [6, 6.07) is 23.0. The summed E-state index contributed by atoms with van der Waals surface area (Å²) in [5.41, 5.74) is 2.89. The molecule has 0 radical (unpaired) electrons. The lowest BCUT2D eigenvalue weighted by Crippen LogP contribution is -2.23. The van der Waals surface area contributed by atoms with Gasteiger partial charge in [0.25, 0.3) is 11.8 Å². The summed E-state index contributed by atoms with van der Waals surface area (Å²) >= 11 is 0. The molecule has 3 rings (SSSR count). The van der Waals surface area contributed by atoms with Crippen LogP contribution in [0.25, 0.3) is 0 Å². The predicted molar refractivity (Wildman–Crippen MR) is 113 cm³/mol. The quantitative estimate of drug-likeness (QED) is 0.601. The molecular formula is C23H21N3O3. The van der Waals surface area contributed by atoms with Crippen molar-refractivity contribution in [2.75, 3.05) is 10.6 Å². The molecule has 0 aliphatic rings. The van der Waals surface area contributed by atoms with E-state index in [1.165, 1.54) is 6.92 Å². The highest BCUT2D eigenvalue weighted by Gasteiger charge is 2.11. The average molecular weight is 387 g/mol. The lowest BCUT2D eigenvalue weighted by atomic mass is 10.1. The summed E-state index contributed by atoms with van der Waals surface area (Å²) < 4.78 is 0. The number of hydrogen-bond donors (Lipinski definition) is 3. The van der Waals surface area contributed by atoms with Gasteiger partial charge in [0.15, 0.2) is 0 Å². The summed E-state index contributed by atoms with van der Waals surface area (Å²) in [5, 5.41) is 8.29. The maximum absolute atomic E-state index is 12.6. The normalized spacial score (nSPS) is 10.1. The molecule has 0 heterocycles. The monoisotopic (exact) mass is 387 g/mol. The summed E-state index contributed by atoms with van der Waals surface area (Å²) in [6.07, 6.45) is 0. The van der Waals surface area contributed by atoms with Crippen LogP contribution in [0.2, 0.25) is 0 Å². The smallest absolute Gasteiger partial charge is 0.255 e. The third-order valence-electron chi connectivity index (χ3n) is 4.12. The third kappa shape index (κ3) is 5.77. The van der Waals surface area contributed by atoms with Crippen molar-refractivity contribution in [1.82, 2.24) is 5.32 Å². The molecular weight excluding hydrogens is 366 g/mol. The molecule has 0 saturated heterocycles. The van der Waals surface area contributed by atoms with E-state index in [0.717, 1.165) is 5.56 Å². The summed E-state index contributed by atoms with van der Waals surface area (Å²) in [4.78, 5) is 36.2. The molecule has 0 aliphatic carbocycles. The van der Waals surface area contributed by atoms with Crippen molar-refractivity contribution >= 4 is 29.1 Å². The van der Waals surface area contributed by atoms with E-state index in [9.17, 15) is 14.4 Å². The van der Waals surface area contributed by atoms with Crippen molar-refractivity contribution in [3.05, 3.63) is 95.6 Å². The van der Waals surface area contributed by atoms with Crippen LogP contribution in [-0.4, -0.2) is 17.7 Å². The van der Waals surface area contributed by atoms with Gasteiger partial charge in [0.05, 0.1) is 0 Å². The molecule has 6 nitrogen and oxygen atoms in total. The van der Waals surface area contributed by atoms with Gasteiger partial charge in [0.2, 0.25) is 5.91 Å². The number of nitrogens with one attached hydrogen (secondary N) is 3. The zero-order valence-electron chi connectivity index (χ0n) is 15.9. The van der Waals surface area contributed by atoms with E-state index in [0.29, 0.717) is 29.0 Å². The zero-order valence-corrected chi connectivity index (χ0v) is 15.9. The van der Waals surface area contributed by atoms with Gasteiger partial charge in [0, 0.05) is 36.0 Å². The van der Waals surface area contributed by atoms with Crippen molar-refractivity contribution in [1.29, 1.82) is 0 Å². The Morgan fingerprint density at radius 1 is 0.690 bits per heavy atom. The average Bonchev–Trinajstić information content (AvgIpc) is 2.72. The molecule has 0 bridgehead atoms. The zero-order chi connectivity index (χ0) is 20.6. The minimum Gasteiger partial charge on any atom is -0.348 e. The van der Waals surface area contributed by atoms with E-state index in [1.807, 2.05) is 30.3 Å². The van der Waals surface area contributed by atoms with E-state index in [4.69, 9.17) is 0 Å². The molecule has 0 aromatic heterocycles. The molecule has 0 aliphatic heterocycles. The first-order chi connectivity index (χ1) is 14.0. The molecule has 146 valence electrons. The van der Waals surface area contributed by atoms with Gasteiger partial charge < -0.3 is 16.0 Å². The van der Waals surface area contributed by atoms with Crippen LogP contribution in [0.1, 0.15) is 33.2 Å². The summed E-state index contributed by atoms with van der Waals surface area (Å²) in [6.45, 7) is 1.83. The lowest BCUT2D eigenvalue weighted by Gasteiger charge is -2.09. The molecule has 0 atom stereocenters. The standard InChI is InChI=1S/C23H21N3O3/c1-16(27)25-20-11-6-12-21(14-20)26-23(29)19-10-5-9-18(13-19)22(28)24-15-17-7-3-2-4-8-17/h2-14H,15H2,1H3,(H,24,28)(H,25,27)(H,26,29). The molecule has 0 fully saturated rings. The first-order valence-electron chi connectivity index (χ1n) is 9.12. The molecule has 3 aromatic rings. The van der Waals surface area contributed by atoms with Crippen molar-refractivity contribution in [2.45, 2.75) is 13.5 Å². The van der Waals surface area contributed by atoms with Gasteiger partial charge in [-0.05, 0) is 42.0 Å². The lowest BCUT2D eigenvalue weighted by molar-refractivity contribution is -0.114. The molecule has 3 amide bonds. The van der Waals surface area contributed by atoms with Crippen LogP contribution >= 0.6 is 0 Å². The number of rotatable bonds is 6. The molecule has 0 saturated carbocycles. The fraction of sp³-hybridized carbons (Fsp3) is 0.0870. The SMILES string of the molecule is CC(=O)Nc1cccc(NC(=O)c2cccc(C(=O)NCc3ccccc3)c2)c1. The van der Waals surface area contributed by atoms with Gasteiger partial charge in [-0.2, -0.15) is 0 Å². The predicted octanol–water partition coefficient (Wildman–Crippen LogP) is 3.83. The third-order valence-corrected chi connectivity index (χ3v) is 4.12. The van der Waals surface area contributed by atoms with Gasteiger partial charge in [-0.25, -0.2) is 0 Å². The Bertz CT molecular complexity index is 1030. The van der Waals surface area contributed by atoms with Crippen LogP contribution in [-0.2, 0) is 11.3 Å². The second kappa shape index (κ2) is 9.32. The van der Waals surface area contributed by atoms with Crippen molar-refractivity contribution in [3.8, 4) is 0 Å². The van der Waals surface area contributed by atoms with Crippen LogP contribution in [0, 0.1) is 0 Å². The Hall–Kier alpha value is -3.93. The second-order valence-electron chi connectivity index (χ2n) is 6.47. The van der Waals surface area contributed by atoms with Crippen LogP contribution in [0.5, 0.6) is 0 Å². The highest BCUT2D eigenvalue weighted by atomic mass is 16.2. The number of benzene rings is 3. The van der Waals surface area contributed by atoms with E-state index in [2.05, 4.69) is 16.0 Å². The van der Waals surface area contributed by atoms with Crippen LogP contribution in [0.3, 0.4) is 0 Å². The Labute approximate surface area is 169 Å². The largest absolute Gasteiger partial charge is 0.348 e. The second-order valence-corrected chi connectivity index (χ2v) is 6.47. The minimum atomic E-state index is -0.345. The fourth-order valence-corrected chi connectivity index (χ4v) is 2.76. The fourth-order valence-electron chi connectivity index (χ4n) is 2.76. The number of anilines is 2. The highest BCUT2D eigenvalue weighted by Crippen LogP contribution is 2.16. The van der Waals surface area contributed by atoms with Crippen LogP contribution < -0.4 is 16.0 Å². The number of carbonyl (C=O) groups is 3. The maximum Gasteiger partial charge on any atom is 0.255 e. The molecule has 3 N–H and O–H groups in total. The van der Waals surface area contributed by atoms with Crippen molar-refractivity contribution in [3.63, 3.8) is 0 Å². The number of amides is 3. The Morgan fingerprint density at radius 2 is 1.31 bits per heavy atom. The van der Waals surface area contributed by atoms with Gasteiger partial charge in [-0.15, -0.1) is 0 Å². The first-order valence-corrected chi connectivity index (χ1v) is 9.12. The van der Waals surface area contributed by atoms with E-state index in [-0.39, 0.29) is 17.7 Å². The van der Waals surface area contributed by atoms with Gasteiger partial charge in [-0.1, -0.05) is 42.5 Å². The van der Waals surface area contributed by atoms with Crippen LogP contribution in [0.15, 0.2) is 78.9 Å². The molecule has 29 heavy (non-hydrogen) atoms.